The van der Waals surface area contributed by atoms with Gasteiger partial charge in [-0.2, -0.15) is 0 Å². The molecular weight excluding hydrogens is 260 g/mol. The first kappa shape index (κ1) is 15.1. The summed E-state index contributed by atoms with van der Waals surface area (Å²) in [7, 11) is 0. The molecule has 1 heterocycles. The molecule has 2 aliphatic rings. The van der Waals surface area contributed by atoms with Crippen molar-refractivity contribution < 1.29 is 19.4 Å². The maximum atomic E-state index is 11.9. The molecule has 2 atom stereocenters. The highest BCUT2D eigenvalue weighted by Gasteiger charge is 2.51. The van der Waals surface area contributed by atoms with Crippen molar-refractivity contribution in [2.75, 3.05) is 13.1 Å². The molecule has 0 aromatic carbocycles. The van der Waals surface area contributed by atoms with E-state index in [4.69, 9.17) is 9.84 Å². The molecule has 114 valence electrons. The Labute approximate surface area is 119 Å². The Balaban J connectivity index is 1.90. The van der Waals surface area contributed by atoms with Crippen LogP contribution in [0.4, 0.5) is 4.79 Å². The number of nitrogens with one attached hydrogen (secondary N) is 1. The van der Waals surface area contributed by atoms with Gasteiger partial charge in [0.1, 0.15) is 5.60 Å². The van der Waals surface area contributed by atoms with Gasteiger partial charge in [-0.25, -0.2) is 4.79 Å². The Morgan fingerprint density at radius 1 is 1.40 bits per heavy atom. The van der Waals surface area contributed by atoms with Crippen LogP contribution in [0.15, 0.2) is 0 Å². The van der Waals surface area contributed by atoms with Crippen molar-refractivity contribution in [1.29, 1.82) is 0 Å². The van der Waals surface area contributed by atoms with Crippen LogP contribution in [0.3, 0.4) is 0 Å². The second-order valence-electron chi connectivity index (χ2n) is 7.15. The van der Waals surface area contributed by atoms with Gasteiger partial charge in [0.05, 0.1) is 12.0 Å². The Kier molecular flexibility index (Phi) is 3.71. The van der Waals surface area contributed by atoms with Crippen LogP contribution in [0.1, 0.15) is 40.5 Å². The van der Waals surface area contributed by atoms with Crippen molar-refractivity contribution in [3.8, 4) is 0 Å². The van der Waals surface area contributed by atoms with Crippen LogP contribution < -0.4 is 5.32 Å². The Bertz CT molecular complexity index is 410. The molecule has 0 radical (unpaired) electrons. The number of rotatable bonds is 4. The van der Waals surface area contributed by atoms with Gasteiger partial charge in [-0.15, -0.1) is 0 Å². The number of carboxylic acid groups (broad SMARTS) is 1. The second kappa shape index (κ2) is 4.91. The van der Waals surface area contributed by atoms with Gasteiger partial charge < -0.3 is 20.1 Å². The number of nitrogens with zero attached hydrogens (tertiary/aromatic N) is 1. The molecule has 2 rings (SSSR count). The van der Waals surface area contributed by atoms with Gasteiger partial charge in [0.25, 0.3) is 0 Å². The van der Waals surface area contributed by atoms with Gasteiger partial charge in [0.2, 0.25) is 0 Å². The van der Waals surface area contributed by atoms with E-state index in [1.165, 1.54) is 0 Å². The van der Waals surface area contributed by atoms with Crippen molar-refractivity contribution in [3.63, 3.8) is 0 Å². The zero-order valence-electron chi connectivity index (χ0n) is 12.6. The van der Waals surface area contributed by atoms with E-state index < -0.39 is 17.1 Å². The van der Waals surface area contributed by atoms with E-state index in [1.807, 2.05) is 20.8 Å². The minimum absolute atomic E-state index is 0.0372. The molecule has 1 aliphatic heterocycles. The lowest BCUT2D eigenvalue weighted by atomic mass is 9.86. The van der Waals surface area contributed by atoms with E-state index in [0.29, 0.717) is 25.0 Å². The lowest BCUT2D eigenvalue weighted by Gasteiger charge is -2.50. The van der Waals surface area contributed by atoms with Crippen LogP contribution in [-0.2, 0) is 9.53 Å². The minimum Gasteiger partial charge on any atom is -0.481 e. The Hall–Kier alpha value is -1.30. The third-order valence-electron chi connectivity index (χ3n) is 3.73. The molecule has 0 spiro atoms. The minimum atomic E-state index is -0.838. The molecular formula is C14H24N2O4. The predicted octanol–water partition coefficient (Wildman–Crippen LogP) is 1.45. The van der Waals surface area contributed by atoms with Crippen LogP contribution in [0, 0.1) is 5.92 Å². The fourth-order valence-corrected chi connectivity index (χ4v) is 2.60. The predicted molar refractivity (Wildman–Crippen MR) is 73.5 cm³/mol. The summed E-state index contributed by atoms with van der Waals surface area (Å²) in [6.07, 6.45) is 0.743. The maximum absolute atomic E-state index is 11.9. The summed E-state index contributed by atoms with van der Waals surface area (Å²) in [6, 6.07) is 0.384. The largest absolute Gasteiger partial charge is 0.481 e. The number of ether oxygens (including phenoxy) is 1. The SMILES string of the molecule is CC1CC1NC1(CC(=O)O)CN(C(=O)OC(C)(C)C)C1. The Morgan fingerprint density at radius 3 is 2.35 bits per heavy atom. The van der Waals surface area contributed by atoms with E-state index in [1.54, 1.807) is 4.90 Å². The van der Waals surface area contributed by atoms with E-state index in [9.17, 15) is 9.59 Å². The smallest absolute Gasteiger partial charge is 0.410 e. The zero-order chi connectivity index (χ0) is 15.1. The van der Waals surface area contributed by atoms with E-state index in [0.717, 1.165) is 6.42 Å². The first-order chi connectivity index (χ1) is 9.10. The standard InChI is InChI=1S/C14H24N2O4/c1-9-5-10(9)15-14(6-11(17)18)7-16(8-14)12(19)20-13(2,3)4/h9-10,15H,5-8H2,1-4H3,(H,17,18). The van der Waals surface area contributed by atoms with Crippen molar-refractivity contribution >= 4 is 12.1 Å². The lowest BCUT2D eigenvalue weighted by molar-refractivity contribution is -0.141. The van der Waals surface area contributed by atoms with Crippen LogP contribution >= 0.6 is 0 Å². The van der Waals surface area contributed by atoms with E-state index in [2.05, 4.69) is 12.2 Å². The normalized spacial score (nSPS) is 27.7. The number of carboxylic acids is 1. The highest BCUT2D eigenvalue weighted by Crippen LogP contribution is 2.35. The maximum Gasteiger partial charge on any atom is 0.410 e. The number of aliphatic carboxylic acids is 1. The molecule has 6 nitrogen and oxygen atoms in total. The van der Waals surface area contributed by atoms with Gasteiger partial charge in [0.15, 0.2) is 0 Å². The molecule has 1 saturated carbocycles. The van der Waals surface area contributed by atoms with E-state index >= 15 is 0 Å². The number of amides is 1. The summed E-state index contributed by atoms with van der Waals surface area (Å²) in [5, 5.41) is 12.5. The molecule has 20 heavy (non-hydrogen) atoms. The zero-order valence-corrected chi connectivity index (χ0v) is 12.6. The van der Waals surface area contributed by atoms with E-state index in [-0.39, 0.29) is 12.5 Å². The number of hydrogen-bond acceptors (Lipinski definition) is 4. The molecule has 2 N–H and O–H groups in total. The molecule has 1 amide bonds. The van der Waals surface area contributed by atoms with Gasteiger partial charge in [-0.05, 0) is 33.1 Å². The number of likely N-dealkylation sites (tertiary alicyclic amines) is 1. The molecule has 0 bridgehead atoms. The highest BCUT2D eigenvalue weighted by molar-refractivity contribution is 5.73. The van der Waals surface area contributed by atoms with Gasteiger partial charge in [0, 0.05) is 19.1 Å². The van der Waals surface area contributed by atoms with Gasteiger partial charge in [-0.3, -0.25) is 4.79 Å². The fourth-order valence-electron chi connectivity index (χ4n) is 2.60. The van der Waals surface area contributed by atoms with Crippen LogP contribution in [0.5, 0.6) is 0 Å². The lowest BCUT2D eigenvalue weighted by Crippen LogP contribution is -2.71. The molecule has 1 saturated heterocycles. The fraction of sp³-hybridized carbons (Fsp3) is 0.857. The average molecular weight is 284 g/mol. The second-order valence-corrected chi connectivity index (χ2v) is 7.15. The topological polar surface area (TPSA) is 78.9 Å². The first-order valence-corrected chi connectivity index (χ1v) is 7.08. The number of hydrogen-bond donors (Lipinski definition) is 2. The van der Waals surface area contributed by atoms with Crippen LogP contribution in [0.25, 0.3) is 0 Å². The summed E-state index contributed by atoms with van der Waals surface area (Å²) in [4.78, 5) is 24.5. The van der Waals surface area contributed by atoms with Crippen LogP contribution in [-0.4, -0.2) is 52.3 Å². The van der Waals surface area contributed by atoms with Crippen molar-refractivity contribution in [2.45, 2.75) is 57.7 Å². The molecule has 2 fully saturated rings. The monoisotopic (exact) mass is 284 g/mol. The van der Waals surface area contributed by atoms with Gasteiger partial charge >= 0.3 is 12.1 Å². The molecule has 2 unspecified atom stereocenters. The third-order valence-corrected chi connectivity index (χ3v) is 3.73. The summed E-state index contributed by atoms with van der Waals surface area (Å²) in [5.74, 6) is -0.245. The molecule has 6 heteroatoms. The van der Waals surface area contributed by atoms with Crippen LogP contribution in [0.2, 0.25) is 0 Å². The van der Waals surface area contributed by atoms with Crippen molar-refractivity contribution in [2.24, 2.45) is 5.92 Å². The summed E-state index contributed by atoms with van der Waals surface area (Å²) in [6.45, 7) is 8.39. The summed E-state index contributed by atoms with van der Waals surface area (Å²) >= 11 is 0. The summed E-state index contributed by atoms with van der Waals surface area (Å²) in [5.41, 5.74) is -1.02. The average Bonchev–Trinajstić information content (AvgIpc) is 2.85. The Morgan fingerprint density at radius 2 is 1.95 bits per heavy atom. The van der Waals surface area contributed by atoms with Crippen molar-refractivity contribution in [3.05, 3.63) is 0 Å². The quantitative estimate of drug-likeness (QED) is 0.817. The van der Waals surface area contributed by atoms with Crippen molar-refractivity contribution in [1.82, 2.24) is 10.2 Å². The molecule has 0 aromatic heterocycles. The first-order valence-electron chi connectivity index (χ1n) is 7.08. The molecule has 1 aliphatic carbocycles. The third kappa shape index (κ3) is 3.62. The number of carbonyl (C=O) groups is 2. The molecule has 0 aromatic rings. The number of carbonyl (C=O) groups excluding carboxylic acids is 1. The van der Waals surface area contributed by atoms with Gasteiger partial charge in [-0.1, -0.05) is 6.92 Å². The summed E-state index contributed by atoms with van der Waals surface area (Å²) < 4.78 is 5.29. The highest BCUT2D eigenvalue weighted by atomic mass is 16.6.